The minimum atomic E-state index is 0.185. The van der Waals surface area contributed by atoms with Crippen LogP contribution in [0.3, 0.4) is 0 Å². The van der Waals surface area contributed by atoms with Crippen molar-refractivity contribution in [1.82, 2.24) is 15.5 Å². The Morgan fingerprint density at radius 3 is 2.68 bits per heavy atom. The Morgan fingerprint density at radius 1 is 1.32 bits per heavy atom. The lowest BCUT2D eigenvalue weighted by molar-refractivity contribution is -0.123. The molecule has 1 atom stereocenters. The molecule has 0 saturated carbocycles. The third kappa shape index (κ3) is 6.39. The number of hydrogen-bond acceptors (Lipinski definition) is 3. The van der Waals surface area contributed by atoms with Crippen LogP contribution in [0.5, 0.6) is 0 Å². The first-order chi connectivity index (χ1) is 9.19. The van der Waals surface area contributed by atoms with Crippen molar-refractivity contribution in [3.63, 3.8) is 0 Å². The molecule has 1 saturated heterocycles. The van der Waals surface area contributed by atoms with Crippen molar-refractivity contribution in [1.29, 1.82) is 0 Å². The van der Waals surface area contributed by atoms with Crippen LogP contribution in [0, 0.1) is 0 Å². The molecule has 0 aromatic rings. The summed E-state index contributed by atoms with van der Waals surface area (Å²) in [7, 11) is 0. The lowest BCUT2D eigenvalue weighted by atomic mass is 10.1. The van der Waals surface area contributed by atoms with Crippen molar-refractivity contribution in [3.05, 3.63) is 0 Å². The maximum Gasteiger partial charge on any atom is 0.234 e. The quantitative estimate of drug-likeness (QED) is 0.706. The van der Waals surface area contributed by atoms with Crippen LogP contribution in [0.1, 0.15) is 52.9 Å². The average Bonchev–Trinajstić information content (AvgIpc) is 2.43. The third-order valence-electron chi connectivity index (χ3n) is 3.91. The van der Waals surface area contributed by atoms with Crippen molar-refractivity contribution in [3.8, 4) is 0 Å². The number of piperidine rings is 1. The summed E-state index contributed by atoms with van der Waals surface area (Å²) in [5.74, 6) is 0.185. The van der Waals surface area contributed by atoms with Gasteiger partial charge in [0, 0.05) is 18.6 Å². The van der Waals surface area contributed by atoms with Crippen molar-refractivity contribution >= 4 is 5.91 Å². The van der Waals surface area contributed by atoms with E-state index in [9.17, 15) is 4.79 Å². The molecule has 1 amide bonds. The van der Waals surface area contributed by atoms with E-state index < -0.39 is 0 Å². The van der Waals surface area contributed by atoms with Gasteiger partial charge in [0.2, 0.25) is 5.91 Å². The Labute approximate surface area is 118 Å². The largest absolute Gasteiger partial charge is 0.352 e. The predicted octanol–water partition coefficient (Wildman–Crippen LogP) is 1.76. The predicted molar refractivity (Wildman–Crippen MR) is 80.3 cm³/mol. The van der Waals surface area contributed by atoms with Crippen molar-refractivity contribution in [2.24, 2.45) is 0 Å². The van der Waals surface area contributed by atoms with Gasteiger partial charge in [0.05, 0.1) is 6.54 Å². The molecule has 0 spiro atoms. The van der Waals surface area contributed by atoms with Gasteiger partial charge >= 0.3 is 0 Å². The second-order valence-corrected chi connectivity index (χ2v) is 5.61. The van der Waals surface area contributed by atoms with E-state index in [0.717, 1.165) is 32.5 Å². The lowest BCUT2D eigenvalue weighted by Crippen LogP contribution is -2.49. The van der Waals surface area contributed by atoms with Gasteiger partial charge in [-0.1, -0.05) is 20.8 Å². The number of nitrogens with zero attached hydrogens (tertiary/aromatic N) is 1. The first-order valence-electron chi connectivity index (χ1n) is 7.94. The topological polar surface area (TPSA) is 44.4 Å². The number of amides is 1. The van der Waals surface area contributed by atoms with Crippen LogP contribution in [-0.4, -0.2) is 49.1 Å². The van der Waals surface area contributed by atoms with Crippen LogP contribution < -0.4 is 10.6 Å². The van der Waals surface area contributed by atoms with Gasteiger partial charge in [-0.3, -0.25) is 9.69 Å². The molecule has 0 radical (unpaired) electrons. The Hall–Kier alpha value is -0.610. The highest BCUT2D eigenvalue weighted by atomic mass is 16.2. The summed E-state index contributed by atoms with van der Waals surface area (Å²) in [4.78, 5) is 14.3. The van der Waals surface area contributed by atoms with Crippen molar-refractivity contribution in [2.45, 2.75) is 65.0 Å². The molecule has 0 bridgehead atoms. The zero-order chi connectivity index (χ0) is 14.1. The van der Waals surface area contributed by atoms with E-state index in [4.69, 9.17) is 0 Å². The molecule has 0 aliphatic carbocycles. The molecule has 1 aliphatic rings. The fourth-order valence-electron chi connectivity index (χ4n) is 2.68. The standard InChI is InChI=1S/C15H31N3O/c1-4-9-16-14-8-7-10-18(11-14)12-15(19)17-13(5-2)6-3/h13-14,16H,4-12H2,1-3H3,(H,17,19). The highest BCUT2D eigenvalue weighted by molar-refractivity contribution is 5.78. The Balaban J connectivity index is 2.29. The highest BCUT2D eigenvalue weighted by Crippen LogP contribution is 2.09. The second-order valence-electron chi connectivity index (χ2n) is 5.61. The van der Waals surface area contributed by atoms with Gasteiger partial charge in [-0.05, 0) is 45.2 Å². The fraction of sp³-hybridized carbons (Fsp3) is 0.933. The Bertz CT molecular complexity index is 254. The smallest absolute Gasteiger partial charge is 0.234 e. The minimum absolute atomic E-state index is 0.185. The van der Waals surface area contributed by atoms with Crippen LogP contribution in [0.4, 0.5) is 0 Å². The molecule has 4 nitrogen and oxygen atoms in total. The second kappa shape index (κ2) is 9.32. The number of nitrogens with one attached hydrogen (secondary N) is 2. The Kier molecular flexibility index (Phi) is 8.07. The molecular weight excluding hydrogens is 238 g/mol. The summed E-state index contributed by atoms with van der Waals surface area (Å²) in [5.41, 5.74) is 0. The fourth-order valence-corrected chi connectivity index (χ4v) is 2.68. The molecule has 0 aromatic heterocycles. The first kappa shape index (κ1) is 16.4. The molecule has 1 rings (SSSR count). The van der Waals surface area contributed by atoms with Crippen LogP contribution in [-0.2, 0) is 4.79 Å². The van der Waals surface area contributed by atoms with Gasteiger partial charge in [0.15, 0.2) is 0 Å². The maximum atomic E-state index is 12.0. The summed E-state index contributed by atoms with van der Waals surface area (Å²) in [6, 6.07) is 0.904. The molecule has 112 valence electrons. The first-order valence-corrected chi connectivity index (χ1v) is 7.94. The number of carbonyl (C=O) groups excluding carboxylic acids is 1. The number of likely N-dealkylation sites (tertiary alicyclic amines) is 1. The van der Waals surface area contributed by atoms with Gasteiger partial charge in [-0.2, -0.15) is 0 Å². The van der Waals surface area contributed by atoms with Gasteiger partial charge in [-0.15, -0.1) is 0 Å². The summed E-state index contributed by atoms with van der Waals surface area (Å²) < 4.78 is 0. The van der Waals surface area contributed by atoms with E-state index in [-0.39, 0.29) is 5.91 Å². The lowest BCUT2D eigenvalue weighted by Gasteiger charge is -2.33. The molecule has 19 heavy (non-hydrogen) atoms. The zero-order valence-corrected chi connectivity index (χ0v) is 12.9. The SMILES string of the molecule is CCCNC1CCCN(CC(=O)NC(CC)CC)C1. The van der Waals surface area contributed by atoms with E-state index >= 15 is 0 Å². The normalized spacial score (nSPS) is 20.7. The minimum Gasteiger partial charge on any atom is -0.352 e. The molecular formula is C15H31N3O. The van der Waals surface area contributed by atoms with Crippen molar-refractivity contribution < 1.29 is 4.79 Å². The number of hydrogen-bond donors (Lipinski definition) is 2. The van der Waals surface area contributed by atoms with E-state index in [1.807, 2.05) is 0 Å². The van der Waals surface area contributed by atoms with E-state index in [1.54, 1.807) is 0 Å². The van der Waals surface area contributed by atoms with E-state index in [0.29, 0.717) is 18.6 Å². The molecule has 1 aliphatic heterocycles. The number of rotatable bonds is 8. The van der Waals surface area contributed by atoms with E-state index in [2.05, 4.69) is 36.3 Å². The van der Waals surface area contributed by atoms with Crippen LogP contribution >= 0.6 is 0 Å². The van der Waals surface area contributed by atoms with Gasteiger partial charge < -0.3 is 10.6 Å². The summed E-state index contributed by atoms with van der Waals surface area (Å²) in [6.45, 7) is 10.1. The van der Waals surface area contributed by atoms with Crippen LogP contribution in [0.25, 0.3) is 0 Å². The molecule has 2 N–H and O–H groups in total. The highest BCUT2D eigenvalue weighted by Gasteiger charge is 2.21. The summed E-state index contributed by atoms with van der Waals surface area (Å²) >= 11 is 0. The van der Waals surface area contributed by atoms with Gasteiger partial charge in [0.25, 0.3) is 0 Å². The molecule has 0 aromatic carbocycles. The third-order valence-corrected chi connectivity index (χ3v) is 3.91. The summed E-state index contributed by atoms with van der Waals surface area (Å²) in [5, 5.41) is 6.68. The molecule has 4 heteroatoms. The van der Waals surface area contributed by atoms with Crippen molar-refractivity contribution in [2.75, 3.05) is 26.2 Å². The van der Waals surface area contributed by atoms with Gasteiger partial charge in [0.1, 0.15) is 0 Å². The molecule has 1 unspecified atom stereocenters. The monoisotopic (exact) mass is 269 g/mol. The van der Waals surface area contributed by atoms with Gasteiger partial charge in [-0.25, -0.2) is 0 Å². The van der Waals surface area contributed by atoms with Crippen LogP contribution in [0.2, 0.25) is 0 Å². The Morgan fingerprint density at radius 2 is 2.05 bits per heavy atom. The summed E-state index contributed by atoms with van der Waals surface area (Å²) in [6.07, 6.45) is 5.64. The molecule has 1 heterocycles. The number of carbonyl (C=O) groups is 1. The zero-order valence-electron chi connectivity index (χ0n) is 12.9. The van der Waals surface area contributed by atoms with E-state index in [1.165, 1.54) is 19.3 Å². The average molecular weight is 269 g/mol. The molecule has 1 fully saturated rings. The maximum absolute atomic E-state index is 12.0. The van der Waals surface area contributed by atoms with Crippen LogP contribution in [0.15, 0.2) is 0 Å².